The minimum Gasteiger partial charge on any atom is -0.457 e. The lowest BCUT2D eigenvalue weighted by Crippen LogP contribution is -2.28. The number of hydrogen-bond donors (Lipinski definition) is 2. The standard InChI is InChI=1S/C27H29N3O4/c1-2-3-17-32-18-7-16-28-27(31)34-23-14-15-24-25(19-23)30-26(29-24)20-10-12-22(13-11-20)33-21-8-5-4-6-9-21/h4-6,8-15,19H,2-3,7,16-18H2,1H3,(H,28,31)(H,29,30). The molecule has 34 heavy (non-hydrogen) atoms. The van der Waals surface area contributed by atoms with Gasteiger partial charge >= 0.3 is 6.09 Å². The van der Waals surface area contributed by atoms with Crippen molar-refractivity contribution in [2.45, 2.75) is 26.2 Å². The maximum absolute atomic E-state index is 12.1. The van der Waals surface area contributed by atoms with Gasteiger partial charge in [0, 0.05) is 31.4 Å². The van der Waals surface area contributed by atoms with E-state index in [1.807, 2.05) is 60.7 Å². The van der Waals surface area contributed by atoms with Crippen LogP contribution in [-0.2, 0) is 4.74 Å². The van der Waals surface area contributed by atoms with Gasteiger partial charge in [-0.2, -0.15) is 0 Å². The molecule has 1 amide bonds. The first-order chi connectivity index (χ1) is 16.7. The molecule has 2 N–H and O–H groups in total. The third kappa shape index (κ3) is 6.59. The first kappa shape index (κ1) is 23.3. The Hall–Kier alpha value is -3.84. The second kappa shape index (κ2) is 11.9. The molecular formula is C27H29N3O4. The number of hydrogen-bond acceptors (Lipinski definition) is 5. The quantitative estimate of drug-likeness (QED) is 0.256. The second-order valence-electron chi connectivity index (χ2n) is 7.84. The van der Waals surface area contributed by atoms with Crippen molar-refractivity contribution in [2.24, 2.45) is 0 Å². The number of para-hydroxylation sites is 1. The van der Waals surface area contributed by atoms with Crippen molar-refractivity contribution in [3.63, 3.8) is 0 Å². The molecule has 0 fully saturated rings. The van der Waals surface area contributed by atoms with Crippen LogP contribution in [0.2, 0.25) is 0 Å². The lowest BCUT2D eigenvalue weighted by molar-refractivity contribution is 0.128. The van der Waals surface area contributed by atoms with Crippen LogP contribution in [0.5, 0.6) is 17.2 Å². The number of carbonyl (C=O) groups is 1. The Kier molecular flexibility index (Phi) is 8.13. The lowest BCUT2D eigenvalue weighted by atomic mass is 10.2. The predicted molar refractivity (Wildman–Crippen MR) is 132 cm³/mol. The summed E-state index contributed by atoms with van der Waals surface area (Å²) in [6, 6.07) is 22.7. The number of benzene rings is 3. The maximum Gasteiger partial charge on any atom is 0.412 e. The summed E-state index contributed by atoms with van der Waals surface area (Å²) < 4.78 is 16.7. The molecule has 0 aliphatic carbocycles. The zero-order valence-electron chi connectivity index (χ0n) is 19.3. The summed E-state index contributed by atoms with van der Waals surface area (Å²) >= 11 is 0. The van der Waals surface area contributed by atoms with Crippen molar-refractivity contribution in [2.75, 3.05) is 19.8 Å². The van der Waals surface area contributed by atoms with E-state index in [1.165, 1.54) is 0 Å². The fourth-order valence-corrected chi connectivity index (χ4v) is 3.35. The number of carbonyl (C=O) groups excluding carboxylic acids is 1. The Morgan fingerprint density at radius 1 is 0.912 bits per heavy atom. The Morgan fingerprint density at radius 2 is 1.65 bits per heavy atom. The lowest BCUT2D eigenvalue weighted by Gasteiger charge is -2.07. The molecule has 4 aromatic rings. The largest absolute Gasteiger partial charge is 0.457 e. The van der Waals surface area contributed by atoms with Crippen LogP contribution in [0.25, 0.3) is 22.4 Å². The number of unbranched alkanes of at least 4 members (excludes halogenated alkanes) is 1. The van der Waals surface area contributed by atoms with Gasteiger partial charge in [-0.25, -0.2) is 9.78 Å². The third-order valence-corrected chi connectivity index (χ3v) is 5.15. The number of fused-ring (bicyclic) bond motifs is 1. The minimum absolute atomic E-state index is 0.450. The van der Waals surface area contributed by atoms with Crippen LogP contribution >= 0.6 is 0 Å². The van der Waals surface area contributed by atoms with Gasteiger partial charge in [-0.15, -0.1) is 0 Å². The summed E-state index contributed by atoms with van der Waals surface area (Å²) in [6.07, 6.45) is 2.43. The van der Waals surface area contributed by atoms with Crippen molar-refractivity contribution in [3.8, 4) is 28.6 Å². The van der Waals surface area contributed by atoms with E-state index in [1.54, 1.807) is 12.1 Å². The van der Waals surface area contributed by atoms with E-state index in [9.17, 15) is 4.79 Å². The molecule has 0 bridgehead atoms. The summed E-state index contributed by atoms with van der Waals surface area (Å²) in [6.45, 7) is 4.02. The van der Waals surface area contributed by atoms with Gasteiger partial charge < -0.3 is 24.5 Å². The number of aromatic nitrogens is 2. The average Bonchev–Trinajstić information content (AvgIpc) is 3.28. The number of aromatic amines is 1. The first-order valence-electron chi connectivity index (χ1n) is 11.6. The van der Waals surface area contributed by atoms with Crippen molar-refractivity contribution in [1.29, 1.82) is 0 Å². The molecule has 7 nitrogen and oxygen atoms in total. The molecule has 0 unspecified atom stereocenters. The summed E-state index contributed by atoms with van der Waals surface area (Å²) in [5.41, 5.74) is 2.50. The van der Waals surface area contributed by atoms with Gasteiger partial charge in [-0.05, 0) is 61.4 Å². The van der Waals surface area contributed by atoms with Gasteiger partial charge in [0.25, 0.3) is 0 Å². The molecule has 1 aromatic heterocycles. The Bertz CT molecular complexity index is 1190. The average molecular weight is 460 g/mol. The summed E-state index contributed by atoms with van der Waals surface area (Å²) in [4.78, 5) is 20.0. The summed E-state index contributed by atoms with van der Waals surface area (Å²) in [7, 11) is 0. The highest BCUT2D eigenvalue weighted by Gasteiger charge is 2.09. The molecule has 0 spiro atoms. The van der Waals surface area contributed by atoms with E-state index in [-0.39, 0.29) is 0 Å². The van der Waals surface area contributed by atoms with Crippen molar-refractivity contribution in [1.82, 2.24) is 15.3 Å². The highest BCUT2D eigenvalue weighted by molar-refractivity contribution is 5.82. The van der Waals surface area contributed by atoms with Crippen LogP contribution in [0.1, 0.15) is 26.2 Å². The molecule has 0 aliphatic heterocycles. The molecule has 1 heterocycles. The molecule has 7 heteroatoms. The third-order valence-electron chi connectivity index (χ3n) is 5.15. The molecule has 0 aliphatic rings. The Labute approximate surface area is 199 Å². The van der Waals surface area contributed by atoms with Crippen molar-refractivity contribution >= 4 is 17.1 Å². The number of rotatable bonds is 11. The van der Waals surface area contributed by atoms with E-state index in [2.05, 4.69) is 22.2 Å². The summed E-state index contributed by atoms with van der Waals surface area (Å²) in [5, 5.41) is 2.74. The number of nitrogens with one attached hydrogen (secondary N) is 2. The molecule has 3 aromatic carbocycles. The van der Waals surface area contributed by atoms with Gasteiger partial charge in [-0.1, -0.05) is 31.5 Å². The van der Waals surface area contributed by atoms with E-state index in [0.29, 0.717) is 18.9 Å². The van der Waals surface area contributed by atoms with Crippen LogP contribution < -0.4 is 14.8 Å². The Balaban J connectivity index is 1.31. The SMILES string of the molecule is CCCCOCCCNC(=O)Oc1ccc2nc(-c3ccc(Oc4ccccc4)cc3)[nH]c2c1. The molecule has 176 valence electrons. The van der Waals surface area contributed by atoms with Crippen molar-refractivity contribution in [3.05, 3.63) is 72.8 Å². The van der Waals surface area contributed by atoms with E-state index in [4.69, 9.17) is 14.2 Å². The number of ether oxygens (including phenoxy) is 3. The van der Waals surface area contributed by atoms with E-state index >= 15 is 0 Å². The number of nitrogens with zero attached hydrogens (tertiary/aromatic N) is 1. The topological polar surface area (TPSA) is 85.5 Å². The molecule has 0 radical (unpaired) electrons. The molecule has 0 saturated heterocycles. The van der Waals surface area contributed by atoms with Crippen molar-refractivity contribution < 1.29 is 19.0 Å². The van der Waals surface area contributed by atoms with E-state index < -0.39 is 6.09 Å². The van der Waals surface area contributed by atoms with Gasteiger partial charge in [0.15, 0.2) is 0 Å². The highest BCUT2D eigenvalue weighted by Crippen LogP contribution is 2.27. The monoisotopic (exact) mass is 459 g/mol. The minimum atomic E-state index is -0.485. The normalized spacial score (nSPS) is 10.9. The Morgan fingerprint density at radius 3 is 2.44 bits per heavy atom. The molecule has 0 saturated carbocycles. The zero-order valence-corrected chi connectivity index (χ0v) is 19.3. The fourth-order valence-electron chi connectivity index (χ4n) is 3.35. The fraction of sp³-hybridized carbons (Fsp3) is 0.259. The zero-order chi connectivity index (χ0) is 23.6. The predicted octanol–water partition coefficient (Wildman–Crippen LogP) is 6.32. The first-order valence-corrected chi connectivity index (χ1v) is 11.6. The van der Waals surface area contributed by atoms with Gasteiger partial charge in [0.05, 0.1) is 11.0 Å². The van der Waals surface area contributed by atoms with E-state index in [0.717, 1.165) is 59.8 Å². The molecular weight excluding hydrogens is 430 g/mol. The number of imidazole rings is 1. The summed E-state index contributed by atoms with van der Waals surface area (Å²) in [5.74, 6) is 2.72. The van der Waals surface area contributed by atoms with Crippen LogP contribution in [0.15, 0.2) is 72.8 Å². The van der Waals surface area contributed by atoms with Crippen LogP contribution in [0, 0.1) is 0 Å². The van der Waals surface area contributed by atoms with Gasteiger partial charge in [0.2, 0.25) is 0 Å². The molecule has 4 rings (SSSR count). The molecule has 0 atom stereocenters. The highest BCUT2D eigenvalue weighted by atomic mass is 16.6. The second-order valence-corrected chi connectivity index (χ2v) is 7.84. The maximum atomic E-state index is 12.1. The van der Waals surface area contributed by atoms with Gasteiger partial charge in [0.1, 0.15) is 23.1 Å². The van der Waals surface area contributed by atoms with Crippen LogP contribution in [0.4, 0.5) is 4.79 Å². The van der Waals surface area contributed by atoms with Gasteiger partial charge in [-0.3, -0.25) is 0 Å². The smallest absolute Gasteiger partial charge is 0.412 e. The van der Waals surface area contributed by atoms with Crippen LogP contribution in [0.3, 0.4) is 0 Å². The van der Waals surface area contributed by atoms with Crippen LogP contribution in [-0.4, -0.2) is 35.8 Å². The number of amides is 1. The number of H-pyrrole nitrogens is 1.